The molecule has 1 heterocycles. The summed E-state index contributed by atoms with van der Waals surface area (Å²) in [6.45, 7) is 3.35. The summed E-state index contributed by atoms with van der Waals surface area (Å²) in [5, 5.41) is 8.95. The van der Waals surface area contributed by atoms with E-state index in [2.05, 4.69) is 28.1 Å². The molecule has 0 aromatic heterocycles. The Kier molecular flexibility index (Phi) is 9.62. The Morgan fingerprint density at radius 3 is 2.71 bits per heavy atom. The molecule has 2 aromatic rings. The highest BCUT2D eigenvalue weighted by Gasteiger charge is 2.14. The number of nitrogens with one attached hydrogen (secondary N) is 3. The van der Waals surface area contributed by atoms with Crippen LogP contribution < -0.4 is 20.7 Å². The number of hydrogen-bond acceptors (Lipinski definition) is 4. The Bertz CT molecular complexity index is 709. The van der Waals surface area contributed by atoms with Gasteiger partial charge in [0.15, 0.2) is 0 Å². The van der Waals surface area contributed by atoms with Crippen molar-refractivity contribution >= 4 is 24.1 Å². The zero-order valence-electron chi connectivity index (χ0n) is 15.9. The number of urea groups is 1. The molecular weight excluding hydrogens is 378 g/mol. The summed E-state index contributed by atoms with van der Waals surface area (Å²) >= 11 is 0. The predicted octanol–water partition coefficient (Wildman–Crippen LogP) is 3.23. The number of ether oxygens (including phenoxy) is 2. The molecule has 6 nitrogen and oxygen atoms in total. The third-order valence-corrected chi connectivity index (χ3v) is 4.34. The van der Waals surface area contributed by atoms with Gasteiger partial charge in [-0.1, -0.05) is 42.5 Å². The topological polar surface area (TPSA) is 71.6 Å². The normalized spacial score (nSPS) is 15.9. The number of aryl methyl sites for hydroxylation is 1. The number of rotatable bonds is 8. The quantitative estimate of drug-likeness (QED) is 0.589. The van der Waals surface area contributed by atoms with Gasteiger partial charge in [-0.25, -0.2) is 4.79 Å². The molecule has 1 atom stereocenters. The molecule has 2 aromatic carbocycles. The molecule has 1 unspecified atom stereocenters. The van der Waals surface area contributed by atoms with E-state index in [0.29, 0.717) is 31.2 Å². The van der Waals surface area contributed by atoms with Crippen molar-refractivity contribution in [1.29, 1.82) is 0 Å². The number of morpholine rings is 1. The summed E-state index contributed by atoms with van der Waals surface area (Å²) in [4.78, 5) is 12.2. The highest BCUT2D eigenvalue weighted by atomic mass is 35.5. The summed E-state index contributed by atoms with van der Waals surface area (Å²) < 4.78 is 11.5. The van der Waals surface area contributed by atoms with Gasteiger partial charge in [0, 0.05) is 19.6 Å². The molecule has 2 amide bonds. The number of carbonyl (C=O) groups excluding carboxylic acids is 1. The molecule has 1 aliphatic rings. The number of halogens is 1. The van der Waals surface area contributed by atoms with Crippen molar-refractivity contribution in [2.75, 3.05) is 38.2 Å². The SMILES string of the molecule is Cl.O=C(NCC1CNCCO1)Nc1ccccc1OCCCc1ccccc1. The third-order valence-electron chi connectivity index (χ3n) is 4.34. The Balaban J connectivity index is 0.00000280. The molecule has 152 valence electrons. The van der Waals surface area contributed by atoms with E-state index in [1.165, 1.54) is 5.56 Å². The zero-order valence-corrected chi connectivity index (χ0v) is 16.7. The van der Waals surface area contributed by atoms with Gasteiger partial charge in [0.05, 0.1) is 25.0 Å². The second-order valence-corrected chi connectivity index (χ2v) is 6.47. The fraction of sp³-hybridized carbons (Fsp3) is 0.381. The van der Waals surface area contributed by atoms with Crippen LogP contribution in [0.1, 0.15) is 12.0 Å². The molecule has 1 fully saturated rings. The Morgan fingerprint density at radius 1 is 1.14 bits per heavy atom. The maximum Gasteiger partial charge on any atom is 0.319 e. The lowest BCUT2D eigenvalue weighted by molar-refractivity contribution is 0.0310. The minimum atomic E-state index is -0.260. The van der Waals surface area contributed by atoms with E-state index < -0.39 is 0 Å². The second-order valence-electron chi connectivity index (χ2n) is 6.47. The Morgan fingerprint density at radius 2 is 1.93 bits per heavy atom. The van der Waals surface area contributed by atoms with Crippen LogP contribution in [0, 0.1) is 0 Å². The van der Waals surface area contributed by atoms with Crippen LogP contribution in [-0.4, -0.2) is 45.0 Å². The van der Waals surface area contributed by atoms with Crippen molar-refractivity contribution in [3.63, 3.8) is 0 Å². The van der Waals surface area contributed by atoms with E-state index in [9.17, 15) is 4.79 Å². The third kappa shape index (κ3) is 7.38. The van der Waals surface area contributed by atoms with Gasteiger partial charge in [0.1, 0.15) is 5.75 Å². The first-order chi connectivity index (χ1) is 13.3. The van der Waals surface area contributed by atoms with Crippen molar-refractivity contribution in [2.45, 2.75) is 18.9 Å². The van der Waals surface area contributed by atoms with Crippen molar-refractivity contribution in [2.24, 2.45) is 0 Å². The number of benzene rings is 2. The monoisotopic (exact) mass is 405 g/mol. The van der Waals surface area contributed by atoms with Crippen LogP contribution in [0.15, 0.2) is 54.6 Å². The highest BCUT2D eigenvalue weighted by Crippen LogP contribution is 2.23. The van der Waals surface area contributed by atoms with Crippen molar-refractivity contribution in [3.8, 4) is 5.75 Å². The maximum atomic E-state index is 12.2. The van der Waals surface area contributed by atoms with Crippen LogP contribution >= 0.6 is 12.4 Å². The molecule has 0 aliphatic carbocycles. The lowest BCUT2D eigenvalue weighted by atomic mass is 10.1. The predicted molar refractivity (Wildman–Crippen MR) is 114 cm³/mol. The first kappa shape index (κ1) is 22.0. The standard InChI is InChI=1S/C21H27N3O3.ClH/c25-21(23-16-18-15-22-12-14-26-18)24-19-10-4-5-11-20(19)27-13-6-9-17-7-2-1-3-8-17;/h1-5,7-8,10-11,18,22H,6,9,12-16H2,(H2,23,24,25);1H. The van der Waals surface area contributed by atoms with E-state index in [0.717, 1.165) is 25.9 Å². The summed E-state index contributed by atoms with van der Waals surface area (Å²) in [6.07, 6.45) is 1.89. The lowest BCUT2D eigenvalue weighted by Gasteiger charge is -2.23. The minimum Gasteiger partial charge on any atom is -0.491 e. The van der Waals surface area contributed by atoms with Gasteiger partial charge >= 0.3 is 6.03 Å². The molecule has 1 saturated heterocycles. The molecule has 7 heteroatoms. The van der Waals surface area contributed by atoms with Crippen molar-refractivity contribution in [1.82, 2.24) is 10.6 Å². The van der Waals surface area contributed by atoms with Gasteiger partial charge in [-0.15, -0.1) is 12.4 Å². The summed E-state index contributed by atoms with van der Waals surface area (Å²) in [5.41, 5.74) is 1.96. The highest BCUT2D eigenvalue weighted by molar-refractivity contribution is 5.90. The summed E-state index contributed by atoms with van der Waals surface area (Å²) in [5.74, 6) is 0.677. The van der Waals surface area contributed by atoms with Gasteiger partial charge in [0.2, 0.25) is 0 Å². The zero-order chi connectivity index (χ0) is 18.7. The minimum absolute atomic E-state index is 0. The largest absolute Gasteiger partial charge is 0.491 e. The van der Waals surface area contributed by atoms with Crippen LogP contribution in [0.3, 0.4) is 0 Å². The second kappa shape index (κ2) is 12.2. The number of anilines is 1. The van der Waals surface area contributed by atoms with Gasteiger partial charge in [-0.3, -0.25) is 0 Å². The average molecular weight is 406 g/mol. The maximum absolute atomic E-state index is 12.2. The van der Waals surface area contributed by atoms with Gasteiger partial charge in [0.25, 0.3) is 0 Å². The first-order valence-corrected chi connectivity index (χ1v) is 9.44. The van der Waals surface area contributed by atoms with E-state index in [1.54, 1.807) is 0 Å². The van der Waals surface area contributed by atoms with Crippen molar-refractivity contribution < 1.29 is 14.3 Å². The van der Waals surface area contributed by atoms with Gasteiger partial charge < -0.3 is 25.4 Å². The summed E-state index contributed by atoms with van der Waals surface area (Å²) in [7, 11) is 0. The van der Waals surface area contributed by atoms with Gasteiger partial charge in [-0.2, -0.15) is 0 Å². The van der Waals surface area contributed by atoms with E-state index >= 15 is 0 Å². The molecule has 0 radical (unpaired) electrons. The van der Waals surface area contributed by atoms with Crippen LogP contribution in [0.2, 0.25) is 0 Å². The fourth-order valence-electron chi connectivity index (χ4n) is 2.92. The molecule has 3 rings (SSSR count). The lowest BCUT2D eigenvalue weighted by Crippen LogP contribution is -2.46. The number of carbonyl (C=O) groups is 1. The van der Waals surface area contributed by atoms with E-state index in [-0.39, 0.29) is 24.5 Å². The Hall–Kier alpha value is -2.28. The van der Waals surface area contributed by atoms with Gasteiger partial charge in [-0.05, 0) is 30.5 Å². The van der Waals surface area contributed by atoms with E-state index in [1.807, 2.05) is 42.5 Å². The molecule has 0 bridgehead atoms. The molecular formula is C21H28ClN3O3. The van der Waals surface area contributed by atoms with E-state index in [4.69, 9.17) is 9.47 Å². The molecule has 3 N–H and O–H groups in total. The molecule has 0 spiro atoms. The van der Waals surface area contributed by atoms with Crippen LogP contribution in [-0.2, 0) is 11.2 Å². The average Bonchev–Trinajstić information content (AvgIpc) is 2.72. The Labute approximate surface area is 172 Å². The van der Waals surface area contributed by atoms with Crippen LogP contribution in [0.4, 0.5) is 10.5 Å². The first-order valence-electron chi connectivity index (χ1n) is 9.44. The molecule has 28 heavy (non-hydrogen) atoms. The summed E-state index contributed by atoms with van der Waals surface area (Å²) in [6, 6.07) is 17.6. The molecule has 0 saturated carbocycles. The number of hydrogen-bond donors (Lipinski definition) is 3. The number of para-hydroxylation sites is 2. The molecule has 1 aliphatic heterocycles. The van der Waals surface area contributed by atoms with Crippen LogP contribution in [0.25, 0.3) is 0 Å². The van der Waals surface area contributed by atoms with Crippen molar-refractivity contribution in [3.05, 3.63) is 60.2 Å². The fourth-order valence-corrected chi connectivity index (χ4v) is 2.92. The smallest absolute Gasteiger partial charge is 0.319 e. The number of amides is 2. The van der Waals surface area contributed by atoms with Crippen LogP contribution in [0.5, 0.6) is 5.75 Å².